The maximum atomic E-state index is 13.2. The van der Waals surface area contributed by atoms with Crippen molar-refractivity contribution in [3.63, 3.8) is 0 Å². The van der Waals surface area contributed by atoms with Crippen LogP contribution in [0, 0.1) is 11.7 Å². The molecule has 3 heteroatoms. The van der Waals surface area contributed by atoms with Crippen molar-refractivity contribution < 1.29 is 4.39 Å². The molecule has 1 saturated heterocycles. The van der Waals surface area contributed by atoms with Gasteiger partial charge in [0.15, 0.2) is 0 Å². The monoisotopic (exact) mass is 270 g/mol. The molecule has 1 aliphatic rings. The summed E-state index contributed by atoms with van der Waals surface area (Å²) in [5.41, 5.74) is 2.23. The number of hydrogen-bond acceptors (Lipinski definition) is 2. The van der Waals surface area contributed by atoms with Gasteiger partial charge in [0, 0.05) is 25.0 Å². The zero-order valence-corrected chi connectivity index (χ0v) is 11.5. The Balaban J connectivity index is 1.54. The van der Waals surface area contributed by atoms with Crippen molar-refractivity contribution >= 4 is 0 Å². The molecule has 1 aromatic carbocycles. The molecule has 0 saturated carbocycles. The second-order valence-electron chi connectivity index (χ2n) is 5.54. The first-order valence-corrected chi connectivity index (χ1v) is 7.16. The average Bonchev–Trinajstić information content (AvgIpc) is 2.87. The quantitative estimate of drug-likeness (QED) is 0.847. The third-order valence-electron chi connectivity index (χ3n) is 3.89. The molecule has 20 heavy (non-hydrogen) atoms. The highest BCUT2D eigenvalue weighted by Crippen LogP contribution is 2.21. The zero-order valence-electron chi connectivity index (χ0n) is 11.5. The first-order valence-electron chi connectivity index (χ1n) is 7.16. The summed E-state index contributed by atoms with van der Waals surface area (Å²) < 4.78 is 13.2. The summed E-state index contributed by atoms with van der Waals surface area (Å²) in [6, 6.07) is 13.0. The molecule has 0 radical (unpaired) electrons. The fourth-order valence-electron chi connectivity index (χ4n) is 2.93. The highest BCUT2D eigenvalue weighted by Gasteiger charge is 2.22. The Morgan fingerprint density at radius 1 is 1.20 bits per heavy atom. The number of aromatic nitrogens is 1. The predicted molar refractivity (Wildman–Crippen MR) is 77.7 cm³/mol. The van der Waals surface area contributed by atoms with E-state index in [4.69, 9.17) is 0 Å². The van der Waals surface area contributed by atoms with E-state index in [2.05, 4.69) is 16.0 Å². The van der Waals surface area contributed by atoms with Crippen LogP contribution in [0.4, 0.5) is 4.39 Å². The molecule has 0 N–H and O–H groups in total. The van der Waals surface area contributed by atoms with E-state index in [-0.39, 0.29) is 5.82 Å². The van der Waals surface area contributed by atoms with Gasteiger partial charge in [-0.25, -0.2) is 4.39 Å². The van der Waals surface area contributed by atoms with E-state index in [1.807, 2.05) is 24.4 Å². The topological polar surface area (TPSA) is 16.1 Å². The van der Waals surface area contributed by atoms with Crippen LogP contribution in [0.25, 0.3) is 0 Å². The van der Waals surface area contributed by atoms with Gasteiger partial charge in [-0.1, -0.05) is 18.2 Å². The number of nitrogens with zero attached hydrogens (tertiary/aromatic N) is 2. The lowest BCUT2D eigenvalue weighted by atomic mass is 10.0. The number of pyridine rings is 1. The van der Waals surface area contributed by atoms with E-state index in [9.17, 15) is 4.39 Å². The summed E-state index contributed by atoms with van der Waals surface area (Å²) in [6.45, 7) is 3.01. The van der Waals surface area contributed by atoms with Gasteiger partial charge in [-0.2, -0.15) is 0 Å². The second kappa shape index (κ2) is 6.14. The predicted octanol–water partition coefficient (Wildman–Crippen LogP) is 3.29. The molecule has 3 rings (SSSR count). The molecule has 104 valence electrons. The summed E-state index contributed by atoms with van der Waals surface area (Å²) in [5, 5.41) is 0. The van der Waals surface area contributed by atoms with E-state index < -0.39 is 0 Å². The Labute approximate surface area is 119 Å². The van der Waals surface area contributed by atoms with Crippen molar-refractivity contribution in [3.05, 3.63) is 65.7 Å². The molecule has 0 amide bonds. The molecular weight excluding hydrogens is 251 g/mol. The summed E-state index contributed by atoms with van der Waals surface area (Å²) in [7, 11) is 0. The Bertz CT molecular complexity index is 556. The van der Waals surface area contributed by atoms with Gasteiger partial charge in [-0.3, -0.25) is 9.88 Å². The van der Waals surface area contributed by atoms with Gasteiger partial charge >= 0.3 is 0 Å². The largest absolute Gasteiger partial charge is 0.299 e. The van der Waals surface area contributed by atoms with E-state index in [0.29, 0.717) is 5.92 Å². The molecule has 0 spiro atoms. The van der Waals surface area contributed by atoms with Gasteiger partial charge < -0.3 is 0 Å². The van der Waals surface area contributed by atoms with Crippen LogP contribution >= 0.6 is 0 Å². The fourth-order valence-corrected chi connectivity index (χ4v) is 2.93. The van der Waals surface area contributed by atoms with E-state index >= 15 is 0 Å². The Hall–Kier alpha value is -1.74. The van der Waals surface area contributed by atoms with Crippen LogP contribution in [0.3, 0.4) is 0 Å². The van der Waals surface area contributed by atoms with Gasteiger partial charge in [0.05, 0.1) is 0 Å². The standard InChI is InChI=1S/C17H19FN2/c18-16-5-3-4-14(10-16)12-20-9-7-15(13-20)11-17-6-1-2-8-19-17/h1-6,8,10,15H,7,9,11-13H2. The van der Waals surface area contributed by atoms with Gasteiger partial charge in [0.1, 0.15) is 5.82 Å². The number of hydrogen-bond donors (Lipinski definition) is 0. The Morgan fingerprint density at radius 2 is 2.15 bits per heavy atom. The van der Waals surface area contributed by atoms with Crippen LogP contribution in [0.5, 0.6) is 0 Å². The van der Waals surface area contributed by atoms with Crippen molar-refractivity contribution in [2.45, 2.75) is 19.4 Å². The lowest BCUT2D eigenvalue weighted by Crippen LogP contribution is -2.20. The fraction of sp³-hybridized carbons (Fsp3) is 0.353. The highest BCUT2D eigenvalue weighted by molar-refractivity contribution is 5.16. The van der Waals surface area contributed by atoms with Crippen LogP contribution in [-0.2, 0) is 13.0 Å². The molecule has 1 unspecified atom stereocenters. The Kier molecular flexibility index (Phi) is 4.07. The van der Waals surface area contributed by atoms with Crippen molar-refractivity contribution in [1.82, 2.24) is 9.88 Å². The van der Waals surface area contributed by atoms with Crippen LogP contribution in [-0.4, -0.2) is 23.0 Å². The summed E-state index contributed by atoms with van der Waals surface area (Å²) in [5.74, 6) is 0.519. The minimum Gasteiger partial charge on any atom is -0.299 e. The second-order valence-corrected chi connectivity index (χ2v) is 5.54. The molecule has 0 bridgehead atoms. The van der Waals surface area contributed by atoms with Crippen LogP contribution in [0.2, 0.25) is 0 Å². The molecule has 1 aliphatic heterocycles. The summed E-state index contributed by atoms with van der Waals surface area (Å²) >= 11 is 0. The molecule has 1 atom stereocenters. The summed E-state index contributed by atoms with van der Waals surface area (Å²) in [4.78, 5) is 6.80. The van der Waals surface area contributed by atoms with Crippen molar-refractivity contribution in [2.75, 3.05) is 13.1 Å². The molecule has 1 fully saturated rings. The van der Waals surface area contributed by atoms with Crippen LogP contribution in [0.1, 0.15) is 17.7 Å². The summed E-state index contributed by atoms with van der Waals surface area (Å²) in [6.07, 6.45) is 4.10. The third kappa shape index (κ3) is 3.42. The molecule has 0 aliphatic carbocycles. The van der Waals surface area contributed by atoms with Gasteiger partial charge in [-0.15, -0.1) is 0 Å². The van der Waals surface area contributed by atoms with Crippen molar-refractivity contribution in [3.8, 4) is 0 Å². The lowest BCUT2D eigenvalue weighted by molar-refractivity contribution is 0.315. The van der Waals surface area contributed by atoms with Crippen LogP contribution < -0.4 is 0 Å². The Morgan fingerprint density at radius 3 is 2.95 bits per heavy atom. The van der Waals surface area contributed by atoms with Crippen LogP contribution in [0.15, 0.2) is 48.7 Å². The van der Waals surface area contributed by atoms with Gasteiger partial charge in [0.25, 0.3) is 0 Å². The average molecular weight is 270 g/mol. The maximum absolute atomic E-state index is 13.2. The number of likely N-dealkylation sites (tertiary alicyclic amines) is 1. The first kappa shape index (κ1) is 13.3. The molecule has 2 heterocycles. The van der Waals surface area contributed by atoms with E-state index in [0.717, 1.165) is 31.6 Å². The highest BCUT2D eigenvalue weighted by atomic mass is 19.1. The minimum atomic E-state index is -0.147. The normalized spacial score (nSPS) is 19.4. The minimum absolute atomic E-state index is 0.147. The van der Waals surface area contributed by atoms with E-state index in [1.165, 1.54) is 18.2 Å². The van der Waals surface area contributed by atoms with Gasteiger partial charge in [0.2, 0.25) is 0 Å². The van der Waals surface area contributed by atoms with Crippen molar-refractivity contribution in [2.24, 2.45) is 5.92 Å². The number of benzene rings is 1. The first-order chi connectivity index (χ1) is 9.79. The molecule has 2 aromatic rings. The maximum Gasteiger partial charge on any atom is 0.123 e. The molecule has 2 nitrogen and oxygen atoms in total. The SMILES string of the molecule is Fc1cccc(CN2CCC(Cc3ccccn3)C2)c1. The number of rotatable bonds is 4. The smallest absolute Gasteiger partial charge is 0.123 e. The molecular formula is C17H19FN2. The van der Waals surface area contributed by atoms with Crippen molar-refractivity contribution in [1.29, 1.82) is 0 Å². The third-order valence-corrected chi connectivity index (χ3v) is 3.89. The molecule has 1 aromatic heterocycles. The number of halogens is 1. The zero-order chi connectivity index (χ0) is 13.8. The van der Waals surface area contributed by atoms with E-state index in [1.54, 1.807) is 12.1 Å². The van der Waals surface area contributed by atoms with Gasteiger partial charge in [-0.05, 0) is 55.1 Å². The lowest BCUT2D eigenvalue weighted by Gasteiger charge is -2.16.